The van der Waals surface area contributed by atoms with E-state index in [1.165, 1.54) is 5.70 Å². The topological polar surface area (TPSA) is 27.1 Å². The Kier molecular flexibility index (Phi) is 4.83. The first-order chi connectivity index (χ1) is 7.49. The normalized spacial score (nSPS) is 13.2. The molecule has 0 N–H and O–H groups in total. The first kappa shape index (κ1) is 13.5. The van der Waals surface area contributed by atoms with E-state index < -0.39 is 0 Å². The number of ether oxygens (including phenoxy) is 1. The summed E-state index contributed by atoms with van der Waals surface area (Å²) >= 11 is 2.29. The van der Waals surface area contributed by atoms with Crippen LogP contribution in [-0.2, 0) is 4.74 Å². The average molecular weight is 334 g/mol. The van der Waals surface area contributed by atoms with Crippen LogP contribution >= 0.6 is 22.6 Å². The molecule has 4 heteroatoms. The summed E-state index contributed by atoms with van der Waals surface area (Å²) in [7, 11) is 1.74. The van der Waals surface area contributed by atoms with E-state index in [0.29, 0.717) is 11.8 Å². The van der Waals surface area contributed by atoms with Gasteiger partial charge in [-0.25, -0.2) is 4.98 Å². The molecule has 0 fully saturated rings. The first-order valence-corrected chi connectivity index (χ1v) is 6.53. The van der Waals surface area contributed by atoms with Gasteiger partial charge in [0.2, 0.25) is 0 Å². The van der Waals surface area contributed by atoms with E-state index in [9.17, 15) is 0 Å². The van der Waals surface area contributed by atoms with Crippen molar-refractivity contribution in [2.75, 3.05) is 7.11 Å². The molecule has 0 bridgehead atoms. The van der Waals surface area contributed by atoms with Gasteiger partial charge in [0.15, 0.2) is 0 Å². The van der Waals surface area contributed by atoms with Crippen molar-refractivity contribution in [2.45, 2.75) is 27.7 Å². The molecule has 0 aliphatic carbocycles. The molecule has 0 unspecified atom stereocenters. The van der Waals surface area contributed by atoms with E-state index in [-0.39, 0.29) is 0 Å². The molecule has 0 amide bonds. The quantitative estimate of drug-likeness (QED) is 0.621. The van der Waals surface area contributed by atoms with Crippen LogP contribution in [0.1, 0.15) is 27.7 Å². The second-order valence-electron chi connectivity index (χ2n) is 4.35. The highest BCUT2D eigenvalue weighted by molar-refractivity contribution is 14.1. The van der Waals surface area contributed by atoms with Gasteiger partial charge >= 0.3 is 0 Å². The molecular formula is C12H19IN2O. The van der Waals surface area contributed by atoms with Gasteiger partial charge in [0.05, 0.1) is 25.3 Å². The maximum atomic E-state index is 5.54. The molecule has 1 aromatic heterocycles. The van der Waals surface area contributed by atoms with Gasteiger partial charge in [-0.05, 0) is 28.5 Å². The Bertz CT molecular complexity index is 380. The summed E-state index contributed by atoms with van der Waals surface area (Å²) in [6.07, 6.45) is 3.70. The second-order valence-corrected chi connectivity index (χ2v) is 5.45. The number of imidazole rings is 1. The Morgan fingerprint density at radius 1 is 1.31 bits per heavy atom. The lowest BCUT2D eigenvalue weighted by molar-refractivity contribution is 0.251. The van der Waals surface area contributed by atoms with E-state index in [0.717, 1.165) is 9.46 Å². The van der Waals surface area contributed by atoms with Crippen LogP contribution in [0.3, 0.4) is 0 Å². The smallest absolute Gasteiger partial charge is 0.118 e. The molecule has 0 saturated carbocycles. The highest BCUT2D eigenvalue weighted by Crippen LogP contribution is 2.27. The Balaban J connectivity index is 3.33. The number of methoxy groups -OCH3 is 1. The predicted molar refractivity (Wildman–Crippen MR) is 74.8 cm³/mol. The van der Waals surface area contributed by atoms with Gasteiger partial charge in [-0.15, -0.1) is 0 Å². The second kappa shape index (κ2) is 5.70. The van der Waals surface area contributed by atoms with Gasteiger partial charge in [-0.3, -0.25) is 4.57 Å². The number of hydrogen-bond donors (Lipinski definition) is 0. The van der Waals surface area contributed by atoms with Crippen LogP contribution in [0, 0.1) is 15.5 Å². The monoisotopic (exact) mass is 334 g/mol. The lowest BCUT2D eigenvalue weighted by Gasteiger charge is -2.21. The molecule has 16 heavy (non-hydrogen) atoms. The van der Waals surface area contributed by atoms with Crippen molar-refractivity contribution in [1.82, 2.24) is 9.55 Å². The summed E-state index contributed by atoms with van der Waals surface area (Å²) < 4.78 is 8.75. The molecule has 1 heterocycles. The number of nitrogens with zero attached hydrogens (tertiary/aromatic N) is 2. The minimum absolute atomic E-state index is 0.376. The average Bonchev–Trinajstić information content (AvgIpc) is 2.59. The van der Waals surface area contributed by atoms with Crippen LogP contribution in [0.5, 0.6) is 0 Å². The molecule has 1 rings (SSSR count). The molecule has 0 atom stereocenters. The molecule has 0 aliphatic rings. The Labute approximate surface area is 111 Å². The van der Waals surface area contributed by atoms with Crippen LogP contribution < -0.4 is 0 Å². The van der Waals surface area contributed by atoms with Gasteiger partial charge in [0.1, 0.15) is 9.46 Å². The Hall–Kier alpha value is -0.520. The third-order valence-electron chi connectivity index (χ3n) is 2.40. The number of allylic oxidation sites excluding steroid dienone is 2. The Morgan fingerprint density at radius 3 is 2.25 bits per heavy atom. The van der Waals surface area contributed by atoms with Gasteiger partial charge < -0.3 is 4.74 Å². The number of aromatic nitrogens is 2. The lowest BCUT2D eigenvalue weighted by atomic mass is 10.0. The molecule has 90 valence electrons. The summed E-state index contributed by atoms with van der Waals surface area (Å²) in [5.74, 6) is 1.81. The molecule has 0 spiro atoms. The summed E-state index contributed by atoms with van der Waals surface area (Å²) in [5.41, 5.74) is 1.19. The Morgan fingerprint density at radius 2 is 1.94 bits per heavy atom. The van der Waals surface area contributed by atoms with E-state index in [1.807, 2.05) is 12.5 Å². The predicted octanol–water partition coefficient (Wildman–Crippen LogP) is 3.61. The fourth-order valence-electron chi connectivity index (χ4n) is 1.77. The van der Waals surface area contributed by atoms with E-state index in [4.69, 9.17) is 4.74 Å². The fraction of sp³-hybridized carbons (Fsp3) is 0.583. The highest BCUT2D eigenvalue weighted by Gasteiger charge is 2.18. The van der Waals surface area contributed by atoms with Crippen molar-refractivity contribution in [3.63, 3.8) is 0 Å². The standard InChI is InChI=1S/C12H19IN2O/c1-8(2)11(12(16-5)9(3)4)15-7-14-6-10(15)13/h6-9H,1-5H3/b12-11-. The molecule has 3 nitrogen and oxygen atoms in total. The zero-order valence-electron chi connectivity index (χ0n) is 10.5. The first-order valence-electron chi connectivity index (χ1n) is 5.45. The lowest BCUT2D eigenvalue weighted by Crippen LogP contribution is -2.12. The van der Waals surface area contributed by atoms with Crippen molar-refractivity contribution < 1.29 is 4.74 Å². The van der Waals surface area contributed by atoms with Crippen LogP contribution in [0.25, 0.3) is 5.70 Å². The highest BCUT2D eigenvalue weighted by atomic mass is 127. The fourth-order valence-corrected chi connectivity index (χ4v) is 2.32. The van der Waals surface area contributed by atoms with E-state index >= 15 is 0 Å². The molecule has 1 aromatic rings. The molecular weight excluding hydrogens is 315 g/mol. The van der Waals surface area contributed by atoms with Crippen molar-refractivity contribution in [2.24, 2.45) is 11.8 Å². The van der Waals surface area contributed by atoms with Crippen molar-refractivity contribution >= 4 is 28.3 Å². The summed E-state index contributed by atoms with van der Waals surface area (Å²) in [4.78, 5) is 4.17. The molecule has 0 aromatic carbocycles. The number of rotatable bonds is 4. The van der Waals surface area contributed by atoms with Crippen molar-refractivity contribution in [3.05, 3.63) is 22.0 Å². The molecule has 0 aliphatic heterocycles. The minimum atomic E-state index is 0.376. The maximum absolute atomic E-state index is 5.54. The summed E-state index contributed by atoms with van der Waals surface area (Å²) in [6.45, 7) is 8.63. The van der Waals surface area contributed by atoms with Crippen LogP contribution in [-0.4, -0.2) is 16.7 Å². The van der Waals surface area contributed by atoms with Gasteiger partial charge in [-0.1, -0.05) is 27.7 Å². The third-order valence-corrected chi connectivity index (χ3v) is 3.19. The van der Waals surface area contributed by atoms with Crippen molar-refractivity contribution in [1.29, 1.82) is 0 Å². The molecule has 0 radical (unpaired) electrons. The summed E-state index contributed by atoms with van der Waals surface area (Å²) in [6, 6.07) is 0. The zero-order chi connectivity index (χ0) is 12.3. The number of hydrogen-bond acceptors (Lipinski definition) is 2. The van der Waals surface area contributed by atoms with Crippen LogP contribution in [0.2, 0.25) is 0 Å². The van der Waals surface area contributed by atoms with E-state index in [1.54, 1.807) is 7.11 Å². The summed E-state index contributed by atoms with van der Waals surface area (Å²) in [5, 5.41) is 0. The SMILES string of the molecule is CO/C(=C(/C(C)C)n1cncc1I)C(C)C. The maximum Gasteiger partial charge on any atom is 0.118 e. The number of halogens is 1. The van der Waals surface area contributed by atoms with E-state index in [2.05, 4.69) is 59.8 Å². The van der Waals surface area contributed by atoms with Gasteiger partial charge in [0, 0.05) is 5.92 Å². The zero-order valence-corrected chi connectivity index (χ0v) is 12.6. The minimum Gasteiger partial charge on any atom is -0.499 e. The third kappa shape index (κ3) is 2.78. The van der Waals surface area contributed by atoms with Crippen molar-refractivity contribution in [3.8, 4) is 0 Å². The van der Waals surface area contributed by atoms with Gasteiger partial charge in [0.25, 0.3) is 0 Å². The molecule has 0 saturated heterocycles. The largest absolute Gasteiger partial charge is 0.499 e. The van der Waals surface area contributed by atoms with Crippen LogP contribution in [0.15, 0.2) is 18.3 Å². The van der Waals surface area contributed by atoms with Crippen LogP contribution in [0.4, 0.5) is 0 Å². The van der Waals surface area contributed by atoms with Gasteiger partial charge in [-0.2, -0.15) is 0 Å².